The van der Waals surface area contributed by atoms with Crippen LogP contribution in [0.15, 0.2) is 48.5 Å². The molecule has 1 heterocycles. The summed E-state index contributed by atoms with van der Waals surface area (Å²) in [6, 6.07) is 14.5. The summed E-state index contributed by atoms with van der Waals surface area (Å²) in [6.45, 7) is 0. The SMILES string of the molecule is O=C(O)c1ccc([C@H]2Nc3ccccc3C(=O)N2C2CC2)cc1. The van der Waals surface area contributed by atoms with Crippen molar-refractivity contribution in [2.75, 3.05) is 5.32 Å². The molecule has 0 spiro atoms. The van der Waals surface area contributed by atoms with Crippen LogP contribution in [0, 0.1) is 0 Å². The molecule has 5 nitrogen and oxygen atoms in total. The number of rotatable bonds is 3. The van der Waals surface area contributed by atoms with Gasteiger partial charge in [-0.25, -0.2) is 4.79 Å². The third kappa shape index (κ3) is 2.34. The molecule has 2 aromatic rings. The van der Waals surface area contributed by atoms with Gasteiger partial charge in [0.1, 0.15) is 6.17 Å². The third-order valence-corrected chi connectivity index (χ3v) is 4.38. The van der Waals surface area contributed by atoms with Crippen LogP contribution >= 0.6 is 0 Å². The van der Waals surface area contributed by atoms with E-state index in [1.54, 1.807) is 24.3 Å². The van der Waals surface area contributed by atoms with Crippen molar-refractivity contribution < 1.29 is 14.7 Å². The van der Waals surface area contributed by atoms with Crippen molar-refractivity contribution in [3.8, 4) is 0 Å². The number of aromatic carboxylic acids is 1. The Morgan fingerprint density at radius 1 is 1.09 bits per heavy atom. The van der Waals surface area contributed by atoms with Crippen LogP contribution in [-0.4, -0.2) is 27.9 Å². The first-order valence-corrected chi connectivity index (χ1v) is 7.66. The number of carbonyl (C=O) groups is 2. The van der Waals surface area contributed by atoms with Gasteiger partial charge in [-0.2, -0.15) is 0 Å². The topological polar surface area (TPSA) is 69.6 Å². The molecule has 0 bridgehead atoms. The quantitative estimate of drug-likeness (QED) is 0.914. The van der Waals surface area contributed by atoms with E-state index in [0.29, 0.717) is 5.56 Å². The largest absolute Gasteiger partial charge is 0.478 e. The molecule has 1 aliphatic heterocycles. The molecule has 2 aliphatic rings. The Balaban J connectivity index is 1.74. The molecule has 1 atom stereocenters. The number of para-hydroxylation sites is 1. The summed E-state index contributed by atoms with van der Waals surface area (Å²) in [5, 5.41) is 12.4. The maximum atomic E-state index is 12.8. The fourth-order valence-corrected chi connectivity index (χ4v) is 3.05. The van der Waals surface area contributed by atoms with Crippen molar-refractivity contribution in [3.63, 3.8) is 0 Å². The number of fused-ring (bicyclic) bond motifs is 1. The molecule has 5 heteroatoms. The monoisotopic (exact) mass is 308 g/mol. The lowest BCUT2D eigenvalue weighted by molar-refractivity contribution is 0.0661. The van der Waals surface area contributed by atoms with Crippen molar-refractivity contribution in [1.29, 1.82) is 0 Å². The summed E-state index contributed by atoms with van der Waals surface area (Å²) in [5.74, 6) is -0.914. The van der Waals surface area contributed by atoms with E-state index in [-0.39, 0.29) is 23.7 Å². The highest BCUT2D eigenvalue weighted by molar-refractivity contribution is 6.02. The van der Waals surface area contributed by atoms with Crippen LogP contribution in [0.3, 0.4) is 0 Å². The smallest absolute Gasteiger partial charge is 0.335 e. The van der Waals surface area contributed by atoms with Crippen LogP contribution in [0.1, 0.15) is 45.3 Å². The van der Waals surface area contributed by atoms with Crippen LogP contribution in [0.5, 0.6) is 0 Å². The van der Waals surface area contributed by atoms with Gasteiger partial charge in [0.2, 0.25) is 0 Å². The molecular weight excluding hydrogens is 292 g/mol. The highest BCUT2D eigenvalue weighted by atomic mass is 16.4. The number of carboxylic acid groups (broad SMARTS) is 1. The van der Waals surface area contributed by atoms with E-state index < -0.39 is 5.97 Å². The molecule has 1 aliphatic carbocycles. The Morgan fingerprint density at radius 2 is 1.78 bits per heavy atom. The van der Waals surface area contributed by atoms with E-state index in [9.17, 15) is 9.59 Å². The van der Waals surface area contributed by atoms with Gasteiger partial charge < -0.3 is 15.3 Å². The molecule has 0 aromatic heterocycles. The second-order valence-corrected chi connectivity index (χ2v) is 5.96. The number of hydrogen-bond donors (Lipinski definition) is 2. The zero-order valence-corrected chi connectivity index (χ0v) is 12.4. The van der Waals surface area contributed by atoms with Gasteiger partial charge in [-0.05, 0) is 42.7 Å². The molecule has 116 valence electrons. The molecular formula is C18H16N2O3. The fourth-order valence-electron chi connectivity index (χ4n) is 3.05. The standard InChI is InChI=1S/C18H16N2O3/c21-17-14-3-1-2-4-15(14)19-16(20(17)13-9-10-13)11-5-7-12(8-6-11)18(22)23/h1-8,13,16,19H,9-10H2,(H,22,23)/t16-/m0/s1. The zero-order valence-electron chi connectivity index (χ0n) is 12.4. The lowest BCUT2D eigenvalue weighted by Gasteiger charge is -2.38. The summed E-state index contributed by atoms with van der Waals surface area (Å²) in [4.78, 5) is 25.7. The predicted molar refractivity (Wildman–Crippen MR) is 85.4 cm³/mol. The molecule has 1 fully saturated rings. The first kappa shape index (κ1) is 13.8. The van der Waals surface area contributed by atoms with Gasteiger partial charge in [-0.1, -0.05) is 24.3 Å². The number of anilines is 1. The van der Waals surface area contributed by atoms with Crippen molar-refractivity contribution >= 4 is 17.6 Å². The van der Waals surface area contributed by atoms with Crippen LogP contribution in [0.25, 0.3) is 0 Å². The number of nitrogens with zero attached hydrogens (tertiary/aromatic N) is 1. The van der Waals surface area contributed by atoms with Crippen molar-refractivity contribution in [1.82, 2.24) is 4.90 Å². The zero-order chi connectivity index (χ0) is 16.0. The van der Waals surface area contributed by atoms with Gasteiger partial charge in [0.15, 0.2) is 0 Å². The van der Waals surface area contributed by atoms with Crippen molar-refractivity contribution in [2.24, 2.45) is 0 Å². The number of carbonyl (C=O) groups excluding carboxylic acids is 1. The van der Waals surface area contributed by atoms with E-state index in [4.69, 9.17) is 5.11 Å². The van der Waals surface area contributed by atoms with E-state index in [0.717, 1.165) is 24.1 Å². The first-order valence-electron chi connectivity index (χ1n) is 7.66. The lowest BCUT2D eigenvalue weighted by atomic mass is 10.0. The number of nitrogens with one attached hydrogen (secondary N) is 1. The molecule has 4 rings (SSSR count). The fraction of sp³-hybridized carbons (Fsp3) is 0.222. The minimum absolute atomic E-state index is 0.0363. The molecule has 2 aromatic carbocycles. The van der Waals surface area contributed by atoms with Crippen LogP contribution in [0.2, 0.25) is 0 Å². The number of benzene rings is 2. The van der Waals surface area contributed by atoms with Gasteiger partial charge in [-0.3, -0.25) is 4.79 Å². The Kier molecular flexibility index (Phi) is 3.08. The van der Waals surface area contributed by atoms with E-state index >= 15 is 0 Å². The second kappa shape index (κ2) is 5.12. The maximum absolute atomic E-state index is 12.8. The van der Waals surface area contributed by atoms with Crippen LogP contribution in [-0.2, 0) is 0 Å². The molecule has 2 N–H and O–H groups in total. The molecule has 1 amide bonds. The van der Waals surface area contributed by atoms with E-state index in [1.807, 2.05) is 29.2 Å². The number of carboxylic acids is 1. The van der Waals surface area contributed by atoms with E-state index in [1.165, 1.54) is 0 Å². The highest BCUT2D eigenvalue weighted by Crippen LogP contribution is 2.40. The maximum Gasteiger partial charge on any atom is 0.335 e. The average Bonchev–Trinajstić information content (AvgIpc) is 3.39. The third-order valence-electron chi connectivity index (χ3n) is 4.38. The Hall–Kier alpha value is -2.82. The van der Waals surface area contributed by atoms with E-state index in [2.05, 4.69) is 5.32 Å². The Labute approximate surface area is 133 Å². The number of amides is 1. The molecule has 0 unspecified atom stereocenters. The summed E-state index contributed by atoms with van der Waals surface area (Å²) < 4.78 is 0. The lowest BCUT2D eigenvalue weighted by Crippen LogP contribution is -2.44. The van der Waals surface area contributed by atoms with Crippen molar-refractivity contribution in [2.45, 2.75) is 25.0 Å². The number of hydrogen-bond acceptors (Lipinski definition) is 3. The first-order chi connectivity index (χ1) is 11.1. The highest BCUT2D eigenvalue weighted by Gasteiger charge is 2.41. The van der Waals surface area contributed by atoms with Gasteiger partial charge >= 0.3 is 5.97 Å². The van der Waals surface area contributed by atoms with Gasteiger partial charge in [0, 0.05) is 11.7 Å². The Morgan fingerprint density at radius 3 is 2.43 bits per heavy atom. The summed E-state index contributed by atoms with van der Waals surface area (Å²) in [5.41, 5.74) is 2.65. The summed E-state index contributed by atoms with van der Waals surface area (Å²) in [7, 11) is 0. The second-order valence-electron chi connectivity index (χ2n) is 5.96. The molecule has 1 saturated carbocycles. The summed E-state index contributed by atoms with van der Waals surface area (Å²) in [6.07, 6.45) is 1.77. The van der Waals surface area contributed by atoms with Crippen LogP contribution < -0.4 is 5.32 Å². The van der Waals surface area contributed by atoms with Gasteiger partial charge in [0.05, 0.1) is 11.1 Å². The Bertz CT molecular complexity index is 781. The van der Waals surface area contributed by atoms with Crippen LogP contribution in [0.4, 0.5) is 5.69 Å². The minimum atomic E-state index is -0.950. The normalized spacial score (nSPS) is 19.9. The molecule has 23 heavy (non-hydrogen) atoms. The molecule has 0 saturated heterocycles. The molecule has 0 radical (unpaired) electrons. The van der Waals surface area contributed by atoms with Crippen molar-refractivity contribution in [3.05, 3.63) is 65.2 Å². The van der Waals surface area contributed by atoms with Gasteiger partial charge in [0.25, 0.3) is 5.91 Å². The summed E-state index contributed by atoms with van der Waals surface area (Å²) >= 11 is 0. The minimum Gasteiger partial charge on any atom is -0.478 e. The average molecular weight is 308 g/mol. The van der Waals surface area contributed by atoms with Gasteiger partial charge in [-0.15, -0.1) is 0 Å². The predicted octanol–water partition coefficient (Wildman–Crippen LogP) is 3.11.